The maximum atomic E-state index is 12.5. The van der Waals surface area contributed by atoms with E-state index in [2.05, 4.69) is 20.0 Å². The molecule has 0 radical (unpaired) electrons. The molecule has 0 bridgehead atoms. The van der Waals surface area contributed by atoms with E-state index in [1.807, 2.05) is 13.8 Å². The van der Waals surface area contributed by atoms with Gasteiger partial charge in [-0.1, -0.05) is 6.42 Å². The summed E-state index contributed by atoms with van der Waals surface area (Å²) >= 11 is 0. The van der Waals surface area contributed by atoms with Crippen LogP contribution in [0.5, 0.6) is 0 Å². The first-order valence-corrected chi connectivity index (χ1v) is 6.82. The molecule has 1 N–H and O–H groups in total. The number of aryl methyl sites for hydroxylation is 2. The summed E-state index contributed by atoms with van der Waals surface area (Å²) in [6.07, 6.45) is 3.74. The molecule has 2 aromatic rings. The fraction of sp³-hybridized carbons (Fsp3) is 0.615. The average Bonchev–Trinajstić information content (AvgIpc) is 2.76. The molecule has 0 atom stereocenters. The molecule has 102 valence electrons. The lowest BCUT2D eigenvalue weighted by Crippen LogP contribution is -2.33. The van der Waals surface area contributed by atoms with Crippen LogP contribution in [0, 0.1) is 13.8 Å². The number of nitrogens with one attached hydrogen (secondary N) is 1. The molecule has 1 aliphatic heterocycles. The average molecular weight is 261 g/mol. The Bertz CT molecular complexity index is 651. The quantitative estimate of drug-likeness (QED) is 0.876. The molecule has 6 heteroatoms. The Morgan fingerprint density at radius 1 is 1.16 bits per heavy atom. The van der Waals surface area contributed by atoms with Crippen molar-refractivity contribution in [3.63, 3.8) is 0 Å². The second kappa shape index (κ2) is 4.77. The number of hydrogen-bond donors (Lipinski definition) is 1. The number of hydrogen-bond acceptors (Lipinski definition) is 4. The summed E-state index contributed by atoms with van der Waals surface area (Å²) in [5, 5.41) is 2.94. The van der Waals surface area contributed by atoms with Gasteiger partial charge in [-0.25, -0.2) is 4.98 Å². The van der Waals surface area contributed by atoms with E-state index in [4.69, 9.17) is 0 Å². The van der Waals surface area contributed by atoms with Crippen molar-refractivity contribution in [2.75, 3.05) is 13.1 Å². The van der Waals surface area contributed by atoms with E-state index >= 15 is 0 Å². The highest BCUT2D eigenvalue weighted by atomic mass is 16.1. The fourth-order valence-corrected chi connectivity index (χ4v) is 2.68. The van der Waals surface area contributed by atoms with Crippen molar-refractivity contribution in [3.8, 4) is 0 Å². The van der Waals surface area contributed by atoms with Gasteiger partial charge in [0.2, 0.25) is 0 Å². The monoisotopic (exact) mass is 261 g/mol. The third kappa shape index (κ3) is 2.28. The predicted octanol–water partition coefficient (Wildman–Crippen LogP) is 1.02. The van der Waals surface area contributed by atoms with Crippen molar-refractivity contribution >= 4 is 5.78 Å². The van der Waals surface area contributed by atoms with Crippen LogP contribution in [0.1, 0.15) is 36.3 Å². The Morgan fingerprint density at radius 2 is 1.89 bits per heavy atom. The number of fused-ring (bicyclic) bond motifs is 1. The van der Waals surface area contributed by atoms with Crippen LogP contribution in [0.2, 0.25) is 0 Å². The normalized spacial score (nSPS) is 17.2. The summed E-state index contributed by atoms with van der Waals surface area (Å²) in [6.45, 7) is 6.56. The van der Waals surface area contributed by atoms with Crippen molar-refractivity contribution in [2.24, 2.45) is 0 Å². The summed E-state index contributed by atoms with van der Waals surface area (Å²) in [6, 6.07) is 0. The zero-order chi connectivity index (χ0) is 13.4. The van der Waals surface area contributed by atoms with Gasteiger partial charge in [-0.05, 0) is 39.8 Å². The fourth-order valence-electron chi connectivity index (χ4n) is 2.68. The molecule has 3 heterocycles. The number of aromatic amines is 1. The zero-order valence-electron chi connectivity index (χ0n) is 11.4. The third-order valence-electron chi connectivity index (χ3n) is 3.74. The lowest BCUT2D eigenvalue weighted by atomic mass is 10.1. The van der Waals surface area contributed by atoms with Gasteiger partial charge in [0, 0.05) is 6.54 Å². The zero-order valence-corrected chi connectivity index (χ0v) is 11.4. The van der Waals surface area contributed by atoms with E-state index in [-0.39, 0.29) is 5.56 Å². The number of H-pyrrole nitrogens is 1. The predicted molar refractivity (Wildman–Crippen MR) is 72.2 cm³/mol. The Balaban J connectivity index is 2.00. The number of rotatable bonds is 2. The van der Waals surface area contributed by atoms with Crippen molar-refractivity contribution in [2.45, 2.75) is 39.7 Å². The third-order valence-corrected chi connectivity index (χ3v) is 3.74. The van der Waals surface area contributed by atoms with Crippen LogP contribution in [0.4, 0.5) is 0 Å². The minimum Gasteiger partial charge on any atom is -0.299 e. The summed E-state index contributed by atoms with van der Waals surface area (Å²) in [4.78, 5) is 23.4. The highest BCUT2D eigenvalue weighted by Crippen LogP contribution is 2.12. The van der Waals surface area contributed by atoms with E-state index in [1.165, 1.54) is 23.8 Å². The van der Waals surface area contributed by atoms with E-state index in [1.54, 1.807) is 0 Å². The maximum absolute atomic E-state index is 12.5. The topological polar surface area (TPSA) is 66.3 Å². The molecule has 0 spiro atoms. The highest BCUT2D eigenvalue weighted by molar-refractivity contribution is 5.31. The molecular formula is C13H19N5O. The lowest BCUT2D eigenvalue weighted by molar-refractivity contribution is 0.219. The van der Waals surface area contributed by atoms with E-state index in [9.17, 15) is 4.79 Å². The molecule has 0 amide bonds. The molecule has 1 fully saturated rings. The largest absolute Gasteiger partial charge is 0.299 e. The van der Waals surface area contributed by atoms with Crippen LogP contribution in [0.3, 0.4) is 0 Å². The first-order valence-electron chi connectivity index (χ1n) is 6.82. The van der Waals surface area contributed by atoms with Crippen LogP contribution >= 0.6 is 0 Å². The molecule has 19 heavy (non-hydrogen) atoms. The van der Waals surface area contributed by atoms with E-state index < -0.39 is 0 Å². The van der Waals surface area contributed by atoms with Gasteiger partial charge in [0.15, 0.2) is 0 Å². The van der Waals surface area contributed by atoms with Crippen LogP contribution in [-0.4, -0.2) is 37.6 Å². The van der Waals surface area contributed by atoms with Gasteiger partial charge in [-0.2, -0.15) is 9.50 Å². The van der Waals surface area contributed by atoms with Crippen LogP contribution in [0.15, 0.2) is 4.79 Å². The molecule has 0 aromatic carbocycles. The van der Waals surface area contributed by atoms with Crippen molar-refractivity contribution in [3.05, 3.63) is 27.4 Å². The van der Waals surface area contributed by atoms with Crippen molar-refractivity contribution in [1.82, 2.24) is 24.5 Å². The minimum atomic E-state index is -0.0197. The molecule has 0 aliphatic carbocycles. The number of likely N-dealkylation sites (tertiary alicyclic amines) is 1. The second-order valence-corrected chi connectivity index (χ2v) is 5.26. The second-order valence-electron chi connectivity index (χ2n) is 5.26. The number of piperidine rings is 1. The first kappa shape index (κ1) is 12.3. The summed E-state index contributed by atoms with van der Waals surface area (Å²) in [5.41, 5.74) is 1.55. The molecule has 0 unspecified atom stereocenters. The van der Waals surface area contributed by atoms with E-state index in [0.717, 1.165) is 24.3 Å². The molecule has 6 nitrogen and oxygen atoms in total. The van der Waals surface area contributed by atoms with E-state index in [0.29, 0.717) is 18.1 Å². The minimum absolute atomic E-state index is 0.0197. The van der Waals surface area contributed by atoms with Gasteiger partial charge in [-0.3, -0.25) is 14.8 Å². The molecule has 3 rings (SSSR count). The molecule has 2 aromatic heterocycles. The molecule has 0 saturated carbocycles. The Kier molecular flexibility index (Phi) is 3.10. The first-order chi connectivity index (χ1) is 9.15. The summed E-state index contributed by atoms with van der Waals surface area (Å²) < 4.78 is 1.45. The highest BCUT2D eigenvalue weighted by Gasteiger charge is 2.17. The van der Waals surface area contributed by atoms with Crippen molar-refractivity contribution < 1.29 is 0 Å². The van der Waals surface area contributed by atoms with Crippen LogP contribution < -0.4 is 5.56 Å². The molecule has 1 aliphatic rings. The van der Waals surface area contributed by atoms with Crippen LogP contribution in [0.25, 0.3) is 5.78 Å². The van der Waals surface area contributed by atoms with Gasteiger partial charge in [0.05, 0.1) is 11.3 Å². The summed E-state index contributed by atoms with van der Waals surface area (Å²) in [7, 11) is 0. The standard InChI is InChI=1S/C13H19N5O/c1-9-11(8-17-6-4-3-5-7-17)12(19)18-13(14-9)15-10(2)16-18/h3-8H2,1-2H3,(H,14,15,16). The van der Waals surface area contributed by atoms with Gasteiger partial charge in [0.1, 0.15) is 5.82 Å². The van der Waals surface area contributed by atoms with Gasteiger partial charge in [0.25, 0.3) is 11.3 Å². The van der Waals surface area contributed by atoms with Gasteiger partial charge >= 0.3 is 0 Å². The lowest BCUT2D eigenvalue weighted by Gasteiger charge is -2.26. The SMILES string of the molecule is Cc1nc2nc(C)c(CN3CCCCC3)c(=O)n2[nH]1. The number of nitrogens with zero attached hydrogens (tertiary/aromatic N) is 4. The van der Waals surface area contributed by atoms with Gasteiger partial charge in [-0.15, -0.1) is 0 Å². The Hall–Kier alpha value is -1.69. The summed E-state index contributed by atoms with van der Waals surface area (Å²) in [5.74, 6) is 1.17. The number of aromatic nitrogens is 4. The van der Waals surface area contributed by atoms with Gasteiger partial charge < -0.3 is 0 Å². The Labute approximate surface area is 111 Å². The smallest absolute Gasteiger partial charge is 0.278 e. The van der Waals surface area contributed by atoms with Crippen molar-refractivity contribution in [1.29, 1.82) is 0 Å². The molecular weight excluding hydrogens is 242 g/mol. The maximum Gasteiger partial charge on any atom is 0.278 e. The molecule has 1 saturated heterocycles. The Morgan fingerprint density at radius 3 is 2.63 bits per heavy atom. The van der Waals surface area contributed by atoms with Crippen LogP contribution in [-0.2, 0) is 6.54 Å².